The van der Waals surface area contributed by atoms with Crippen molar-refractivity contribution >= 4 is 15.9 Å². The van der Waals surface area contributed by atoms with Crippen molar-refractivity contribution in [3.05, 3.63) is 0 Å². The second-order valence-electron chi connectivity index (χ2n) is 4.02. The minimum Gasteiger partial charge on any atom is -0.346 e. The number of carbonyl (C=O) groups is 1. The largest absolute Gasteiger partial charge is 0.346 e. The molecule has 0 aromatic heterocycles. The van der Waals surface area contributed by atoms with E-state index in [2.05, 4.69) is 6.92 Å². The molecular formula is C10H22N2O3S. The zero-order valence-corrected chi connectivity index (χ0v) is 11.4. The topological polar surface area (TPSA) is 57.7 Å². The van der Waals surface area contributed by atoms with E-state index in [4.69, 9.17) is 0 Å². The first-order chi connectivity index (χ1) is 7.31. The molecule has 0 unspecified atom stereocenters. The van der Waals surface area contributed by atoms with E-state index in [1.807, 2.05) is 0 Å². The molecule has 0 aromatic carbocycles. The molecule has 0 saturated heterocycles. The van der Waals surface area contributed by atoms with Gasteiger partial charge in [0.1, 0.15) is 0 Å². The summed E-state index contributed by atoms with van der Waals surface area (Å²) in [6.45, 7) is 2.74. The maximum absolute atomic E-state index is 11.6. The number of amides is 1. The highest BCUT2D eigenvalue weighted by Gasteiger charge is 2.17. The standard InChI is InChI=1S/C10H22N2O3S/c1-5-6-8-12(4)10(13)7-9-16(14,15)11(2)3/h5-9H2,1-4H3. The quantitative estimate of drug-likeness (QED) is 0.662. The SMILES string of the molecule is CCCCN(C)C(=O)CCS(=O)(=O)N(C)C. The summed E-state index contributed by atoms with van der Waals surface area (Å²) in [5.41, 5.74) is 0. The van der Waals surface area contributed by atoms with Gasteiger partial charge in [0.25, 0.3) is 0 Å². The lowest BCUT2D eigenvalue weighted by molar-refractivity contribution is -0.129. The lowest BCUT2D eigenvalue weighted by atomic mass is 10.3. The fourth-order valence-electron chi connectivity index (χ4n) is 1.11. The number of rotatable bonds is 7. The van der Waals surface area contributed by atoms with Crippen LogP contribution in [0.25, 0.3) is 0 Å². The van der Waals surface area contributed by atoms with E-state index < -0.39 is 10.0 Å². The first-order valence-electron chi connectivity index (χ1n) is 5.45. The van der Waals surface area contributed by atoms with Crippen LogP contribution in [0, 0.1) is 0 Å². The van der Waals surface area contributed by atoms with Gasteiger partial charge < -0.3 is 4.90 Å². The summed E-state index contributed by atoms with van der Waals surface area (Å²) in [5.74, 6) is -0.228. The number of carbonyl (C=O) groups excluding carboxylic acids is 1. The summed E-state index contributed by atoms with van der Waals surface area (Å²) < 4.78 is 24.0. The highest BCUT2D eigenvalue weighted by molar-refractivity contribution is 7.89. The number of sulfonamides is 1. The van der Waals surface area contributed by atoms with Gasteiger partial charge in [0, 0.05) is 34.1 Å². The van der Waals surface area contributed by atoms with Crippen LogP contribution in [0.2, 0.25) is 0 Å². The Hall–Kier alpha value is -0.620. The number of unbranched alkanes of at least 4 members (excludes halogenated alkanes) is 1. The van der Waals surface area contributed by atoms with Gasteiger partial charge in [0.05, 0.1) is 5.75 Å². The Labute approximate surface area is 98.5 Å². The molecular weight excluding hydrogens is 228 g/mol. The molecule has 6 heteroatoms. The van der Waals surface area contributed by atoms with E-state index in [1.54, 1.807) is 11.9 Å². The molecule has 0 aliphatic heterocycles. The summed E-state index contributed by atoms with van der Waals surface area (Å²) >= 11 is 0. The predicted molar refractivity (Wildman–Crippen MR) is 64.6 cm³/mol. The van der Waals surface area contributed by atoms with E-state index in [9.17, 15) is 13.2 Å². The molecule has 0 atom stereocenters. The van der Waals surface area contributed by atoms with Crippen molar-refractivity contribution in [2.45, 2.75) is 26.2 Å². The third-order valence-electron chi connectivity index (χ3n) is 2.40. The molecule has 0 N–H and O–H groups in total. The van der Waals surface area contributed by atoms with Gasteiger partial charge in [-0.15, -0.1) is 0 Å². The molecule has 0 fully saturated rings. The molecule has 5 nitrogen and oxygen atoms in total. The van der Waals surface area contributed by atoms with Gasteiger partial charge in [-0.3, -0.25) is 4.79 Å². The van der Waals surface area contributed by atoms with E-state index in [-0.39, 0.29) is 18.1 Å². The van der Waals surface area contributed by atoms with Crippen molar-refractivity contribution < 1.29 is 13.2 Å². The minimum atomic E-state index is -3.26. The van der Waals surface area contributed by atoms with Crippen LogP contribution < -0.4 is 0 Å². The van der Waals surface area contributed by atoms with E-state index in [0.717, 1.165) is 17.1 Å². The van der Waals surface area contributed by atoms with Crippen LogP contribution >= 0.6 is 0 Å². The third-order valence-corrected chi connectivity index (χ3v) is 4.24. The van der Waals surface area contributed by atoms with Gasteiger partial charge >= 0.3 is 0 Å². The molecule has 0 spiro atoms. The summed E-state index contributed by atoms with van der Waals surface area (Å²) in [7, 11) is 1.39. The molecule has 0 radical (unpaired) electrons. The lowest BCUT2D eigenvalue weighted by Gasteiger charge is -2.17. The van der Waals surface area contributed by atoms with E-state index in [1.165, 1.54) is 14.1 Å². The van der Waals surface area contributed by atoms with Crippen molar-refractivity contribution in [2.24, 2.45) is 0 Å². The molecule has 0 rings (SSSR count). The van der Waals surface area contributed by atoms with Crippen LogP contribution in [0.3, 0.4) is 0 Å². The summed E-state index contributed by atoms with van der Waals surface area (Å²) in [6.07, 6.45) is 2.02. The lowest BCUT2D eigenvalue weighted by Crippen LogP contribution is -2.32. The number of hydrogen-bond acceptors (Lipinski definition) is 3. The van der Waals surface area contributed by atoms with Gasteiger partial charge in [-0.1, -0.05) is 13.3 Å². The molecule has 0 aliphatic carbocycles. The molecule has 1 amide bonds. The predicted octanol–water partition coefficient (Wildman–Crippen LogP) is 0.526. The summed E-state index contributed by atoms with van der Waals surface area (Å²) in [6, 6.07) is 0. The smallest absolute Gasteiger partial charge is 0.223 e. The van der Waals surface area contributed by atoms with Crippen LogP contribution in [-0.2, 0) is 14.8 Å². The Bertz CT molecular complexity index is 312. The number of nitrogens with zero attached hydrogens (tertiary/aromatic N) is 2. The average molecular weight is 250 g/mol. The Morgan fingerprint density at radius 1 is 1.19 bits per heavy atom. The maximum Gasteiger partial charge on any atom is 0.223 e. The molecule has 0 saturated carbocycles. The highest BCUT2D eigenvalue weighted by Crippen LogP contribution is 2.01. The molecule has 16 heavy (non-hydrogen) atoms. The average Bonchev–Trinajstić information content (AvgIpc) is 2.22. The van der Waals surface area contributed by atoms with Gasteiger partial charge in [0.2, 0.25) is 15.9 Å². The zero-order valence-electron chi connectivity index (χ0n) is 10.6. The van der Waals surface area contributed by atoms with Gasteiger partial charge in [-0.25, -0.2) is 12.7 Å². The fourth-order valence-corrected chi connectivity index (χ4v) is 1.91. The van der Waals surface area contributed by atoms with Crippen molar-refractivity contribution in [1.29, 1.82) is 0 Å². The first kappa shape index (κ1) is 15.4. The normalized spacial score (nSPS) is 11.8. The molecule has 0 bridgehead atoms. The van der Waals surface area contributed by atoms with Gasteiger partial charge in [0.15, 0.2) is 0 Å². The third kappa shape index (κ3) is 5.46. The molecule has 96 valence electrons. The Morgan fingerprint density at radius 2 is 1.75 bits per heavy atom. The van der Waals surface area contributed by atoms with Crippen molar-refractivity contribution in [1.82, 2.24) is 9.21 Å². The first-order valence-corrected chi connectivity index (χ1v) is 7.06. The summed E-state index contributed by atoms with van der Waals surface area (Å²) in [5, 5.41) is 0. The van der Waals surface area contributed by atoms with Crippen molar-refractivity contribution in [2.75, 3.05) is 33.4 Å². The Balaban J connectivity index is 4.07. The molecule has 0 heterocycles. The zero-order chi connectivity index (χ0) is 12.8. The highest BCUT2D eigenvalue weighted by atomic mass is 32.2. The summed E-state index contributed by atoms with van der Waals surface area (Å²) in [4.78, 5) is 13.2. The van der Waals surface area contributed by atoms with Crippen LogP contribution in [0.15, 0.2) is 0 Å². The molecule has 0 aliphatic rings. The van der Waals surface area contributed by atoms with Gasteiger partial charge in [-0.05, 0) is 6.42 Å². The monoisotopic (exact) mass is 250 g/mol. The number of hydrogen-bond donors (Lipinski definition) is 0. The van der Waals surface area contributed by atoms with E-state index in [0.29, 0.717) is 6.54 Å². The van der Waals surface area contributed by atoms with Crippen LogP contribution in [0.4, 0.5) is 0 Å². The van der Waals surface area contributed by atoms with E-state index >= 15 is 0 Å². The van der Waals surface area contributed by atoms with Crippen molar-refractivity contribution in [3.8, 4) is 0 Å². The molecule has 0 aromatic rings. The second kappa shape index (κ2) is 6.85. The Morgan fingerprint density at radius 3 is 2.19 bits per heavy atom. The van der Waals surface area contributed by atoms with Gasteiger partial charge in [-0.2, -0.15) is 0 Å². The second-order valence-corrected chi connectivity index (χ2v) is 6.32. The minimum absolute atomic E-state index is 0.0563. The Kier molecular flexibility index (Phi) is 6.59. The van der Waals surface area contributed by atoms with Crippen LogP contribution in [0.5, 0.6) is 0 Å². The maximum atomic E-state index is 11.6. The van der Waals surface area contributed by atoms with Crippen LogP contribution in [0.1, 0.15) is 26.2 Å². The fraction of sp³-hybridized carbons (Fsp3) is 0.900. The van der Waals surface area contributed by atoms with Crippen LogP contribution in [-0.4, -0.2) is 57.0 Å². The van der Waals surface area contributed by atoms with Crippen molar-refractivity contribution in [3.63, 3.8) is 0 Å².